The van der Waals surface area contributed by atoms with Crippen molar-refractivity contribution < 1.29 is 9.59 Å². The molecule has 0 spiro atoms. The Morgan fingerprint density at radius 3 is 2.69 bits per heavy atom. The van der Waals surface area contributed by atoms with Gasteiger partial charge in [0.2, 0.25) is 11.0 Å². The Labute approximate surface area is 178 Å². The number of rotatable bonds is 2. The zero-order valence-electron chi connectivity index (χ0n) is 17.4. The summed E-state index contributed by atoms with van der Waals surface area (Å²) in [5.41, 5.74) is 1.31. The average molecular weight is 410 g/mol. The predicted molar refractivity (Wildman–Crippen MR) is 118 cm³/mol. The number of hydrogen-bond donors (Lipinski definition) is 1. The standard InChI is InChI=1S/C25H31NO2S/c1-24-12-10-19-18(8-9-21-25(19,2)13-11-22(27)29-21)20(24)14-16(15-24)23(28)26-17-6-4-3-5-7-17/h3-7,11,13,16,18-21H,8-10,12,14-15H2,1-2H3,(H,26,28)/t16?,18-,19-,20+,21?,24-,25-/m1/s1. The van der Waals surface area contributed by atoms with Crippen LogP contribution in [0.4, 0.5) is 5.69 Å². The molecular formula is C25H31NO2S. The minimum absolute atomic E-state index is 0.118. The third kappa shape index (κ3) is 3.19. The number of nitrogens with one attached hydrogen (secondary N) is 1. The predicted octanol–water partition coefficient (Wildman–Crippen LogP) is 5.68. The van der Waals surface area contributed by atoms with Gasteiger partial charge < -0.3 is 5.32 Å². The van der Waals surface area contributed by atoms with Crippen LogP contribution in [-0.2, 0) is 9.59 Å². The zero-order valence-corrected chi connectivity index (χ0v) is 18.2. The first-order chi connectivity index (χ1) is 13.9. The van der Waals surface area contributed by atoms with Crippen molar-refractivity contribution in [1.29, 1.82) is 0 Å². The van der Waals surface area contributed by atoms with Gasteiger partial charge in [0.25, 0.3) is 0 Å². The molecule has 1 aromatic rings. The fraction of sp³-hybridized carbons (Fsp3) is 0.600. The molecule has 1 N–H and O–H groups in total. The van der Waals surface area contributed by atoms with Gasteiger partial charge in [0.1, 0.15) is 0 Å². The highest BCUT2D eigenvalue weighted by Gasteiger charge is 2.59. The van der Waals surface area contributed by atoms with Crippen LogP contribution in [0.15, 0.2) is 42.5 Å². The maximum Gasteiger partial charge on any atom is 0.227 e. The number of hydrogen-bond acceptors (Lipinski definition) is 3. The summed E-state index contributed by atoms with van der Waals surface area (Å²) in [5.74, 6) is 2.27. The van der Waals surface area contributed by atoms with Gasteiger partial charge in [-0.15, -0.1) is 0 Å². The van der Waals surface area contributed by atoms with Crippen molar-refractivity contribution in [3.8, 4) is 0 Å². The maximum absolute atomic E-state index is 13.0. The molecule has 1 heterocycles. The lowest BCUT2D eigenvalue weighted by molar-refractivity contribution is -0.120. The Balaban J connectivity index is 1.36. The van der Waals surface area contributed by atoms with Crippen LogP contribution in [0.25, 0.3) is 0 Å². The molecule has 1 aromatic carbocycles. The van der Waals surface area contributed by atoms with E-state index in [9.17, 15) is 9.59 Å². The molecule has 7 atom stereocenters. The van der Waals surface area contributed by atoms with Crippen LogP contribution in [0.5, 0.6) is 0 Å². The van der Waals surface area contributed by atoms with Gasteiger partial charge in [-0.25, -0.2) is 0 Å². The van der Waals surface area contributed by atoms with Gasteiger partial charge in [-0.1, -0.05) is 49.9 Å². The van der Waals surface area contributed by atoms with E-state index in [1.165, 1.54) is 19.3 Å². The van der Waals surface area contributed by atoms with Gasteiger partial charge in [0, 0.05) is 22.3 Å². The molecule has 29 heavy (non-hydrogen) atoms. The Morgan fingerprint density at radius 1 is 1.10 bits per heavy atom. The molecule has 2 unspecified atom stereocenters. The van der Waals surface area contributed by atoms with Crippen LogP contribution in [-0.4, -0.2) is 16.3 Å². The highest BCUT2D eigenvalue weighted by atomic mass is 32.2. The summed E-state index contributed by atoms with van der Waals surface area (Å²) in [5, 5.41) is 3.81. The fourth-order valence-corrected chi connectivity index (χ4v) is 8.41. The minimum atomic E-state index is 0.118. The van der Waals surface area contributed by atoms with Crippen LogP contribution in [0.1, 0.15) is 52.4 Å². The van der Waals surface area contributed by atoms with Crippen molar-refractivity contribution in [3.63, 3.8) is 0 Å². The van der Waals surface area contributed by atoms with Gasteiger partial charge in [-0.3, -0.25) is 9.59 Å². The van der Waals surface area contributed by atoms with Crippen molar-refractivity contribution in [2.45, 2.75) is 57.6 Å². The number of amides is 1. The van der Waals surface area contributed by atoms with Crippen molar-refractivity contribution in [3.05, 3.63) is 42.5 Å². The number of anilines is 1. The lowest BCUT2D eigenvalue weighted by Gasteiger charge is -2.57. The first-order valence-electron chi connectivity index (χ1n) is 11.1. The van der Waals surface area contributed by atoms with Gasteiger partial charge in [0.15, 0.2) is 0 Å². The maximum atomic E-state index is 13.0. The molecular weight excluding hydrogens is 378 g/mol. The van der Waals surface area contributed by atoms with Crippen LogP contribution >= 0.6 is 11.8 Å². The number of allylic oxidation sites excluding steroid dienone is 1. The van der Waals surface area contributed by atoms with E-state index < -0.39 is 0 Å². The number of para-hydroxylation sites is 1. The normalized spacial score (nSPS) is 43.2. The summed E-state index contributed by atoms with van der Waals surface area (Å²) in [6.45, 7) is 4.83. The molecule has 3 fully saturated rings. The third-order valence-corrected chi connectivity index (χ3v) is 10.1. The molecule has 5 rings (SSSR count). The second-order valence-electron chi connectivity index (χ2n) is 10.3. The molecule has 0 radical (unpaired) electrons. The van der Waals surface area contributed by atoms with E-state index in [1.807, 2.05) is 36.4 Å². The Morgan fingerprint density at radius 2 is 1.90 bits per heavy atom. The fourth-order valence-electron chi connectivity index (χ4n) is 7.23. The quantitative estimate of drug-likeness (QED) is 0.683. The van der Waals surface area contributed by atoms with Crippen LogP contribution in [0, 0.1) is 34.5 Å². The highest BCUT2D eigenvalue weighted by molar-refractivity contribution is 8.14. The number of carbonyl (C=O) groups is 2. The molecule has 0 saturated heterocycles. The summed E-state index contributed by atoms with van der Waals surface area (Å²) in [7, 11) is 0. The number of fused-ring (bicyclic) bond motifs is 5. The van der Waals surface area contributed by atoms with Crippen LogP contribution in [0.2, 0.25) is 0 Å². The van der Waals surface area contributed by atoms with E-state index in [4.69, 9.17) is 0 Å². The number of benzene rings is 1. The minimum Gasteiger partial charge on any atom is -0.326 e. The third-order valence-electron chi connectivity index (χ3n) is 8.71. The van der Waals surface area contributed by atoms with E-state index in [-0.39, 0.29) is 27.8 Å². The van der Waals surface area contributed by atoms with E-state index in [0.29, 0.717) is 23.0 Å². The molecule has 0 aromatic heterocycles. The summed E-state index contributed by atoms with van der Waals surface area (Å²) < 4.78 is 0. The van der Waals surface area contributed by atoms with Gasteiger partial charge in [0.05, 0.1) is 0 Å². The smallest absolute Gasteiger partial charge is 0.227 e. The Hall–Kier alpha value is -1.55. The Kier molecular flexibility index (Phi) is 4.69. The summed E-state index contributed by atoms with van der Waals surface area (Å²) in [4.78, 5) is 25.0. The lowest BCUT2D eigenvalue weighted by atomic mass is 9.50. The molecule has 1 aliphatic heterocycles. The molecule has 3 nitrogen and oxygen atoms in total. The van der Waals surface area contributed by atoms with Crippen molar-refractivity contribution >= 4 is 28.5 Å². The second-order valence-corrected chi connectivity index (χ2v) is 11.5. The summed E-state index contributed by atoms with van der Waals surface area (Å²) in [6.07, 6.45) is 10.9. The SMILES string of the molecule is C[C@]12CC[C@@H]3[C@@H](CCC4SC(=O)C=C[C@@]43C)[C@@H]1CC(C(=O)Nc1ccccc1)C2. The number of carbonyl (C=O) groups excluding carboxylic acids is 2. The number of thioether (sulfide) groups is 1. The summed E-state index contributed by atoms with van der Waals surface area (Å²) in [6, 6.07) is 9.84. The molecule has 3 saturated carbocycles. The van der Waals surface area contributed by atoms with Crippen LogP contribution in [0.3, 0.4) is 0 Å². The van der Waals surface area contributed by atoms with Gasteiger partial charge >= 0.3 is 0 Å². The van der Waals surface area contributed by atoms with Gasteiger partial charge in [-0.05, 0) is 79.9 Å². The second kappa shape index (κ2) is 7.01. The largest absolute Gasteiger partial charge is 0.326 e. The molecule has 154 valence electrons. The molecule has 1 amide bonds. The first-order valence-corrected chi connectivity index (χ1v) is 12.0. The van der Waals surface area contributed by atoms with Crippen molar-refractivity contribution in [1.82, 2.24) is 0 Å². The monoisotopic (exact) mass is 409 g/mol. The topological polar surface area (TPSA) is 46.2 Å². The molecule has 4 heteroatoms. The average Bonchev–Trinajstić information content (AvgIpc) is 3.07. The lowest BCUT2D eigenvalue weighted by Crippen LogP contribution is -2.52. The van der Waals surface area contributed by atoms with E-state index >= 15 is 0 Å². The van der Waals surface area contributed by atoms with Crippen LogP contribution < -0.4 is 5.32 Å². The molecule has 4 aliphatic rings. The zero-order chi connectivity index (χ0) is 20.2. The Bertz CT molecular complexity index is 852. The molecule has 0 bridgehead atoms. The first kappa shape index (κ1) is 19.4. The summed E-state index contributed by atoms with van der Waals surface area (Å²) >= 11 is 1.57. The highest BCUT2D eigenvalue weighted by Crippen LogP contribution is 2.65. The van der Waals surface area contributed by atoms with Crippen molar-refractivity contribution in [2.75, 3.05) is 5.32 Å². The van der Waals surface area contributed by atoms with Gasteiger partial charge in [-0.2, -0.15) is 0 Å². The van der Waals surface area contributed by atoms with E-state index in [2.05, 4.69) is 25.2 Å². The molecule has 3 aliphatic carbocycles. The van der Waals surface area contributed by atoms with Crippen molar-refractivity contribution in [2.24, 2.45) is 34.5 Å². The van der Waals surface area contributed by atoms with E-state index in [0.717, 1.165) is 24.9 Å². The van der Waals surface area contributed by atoms with E-state index in [1.54, 1.807) is 11.8 Å².